The van der Waals surface area contributed by atoms with E-state index in [9.17, 15) is 0 Å². The van der Waals surface area contributed by atoms with Crippen LogP contribution in [0.15, 0.2) is 22.8 Å². The van der Waals surface area contributed by atoms with Gasteiger partial charge in [0.1, 0.15) is 0 Å². The van der Waals surface area contributed by atoms with Crippen molar-refractivity contribution in [2.75, 3.05) is 13.1 Å². The fraction of sp³-hybridized carbons (Fsp3) is 0.625. The minimum atomic E-state index is 0.313. The summed E-state index contributed by atoms with van der Waals surface area (Å²) in [5, 5.41) is 16.3. The summed E-state index contributed by atoms with van der Waals surface area (Å²) in [6.45, 7) is 9.89. The van der Waals surface area contributed by atoms with Crippen molar-refractivity contribution in [3.8, 4) is 11.6 Å². The Balaban J connectivity index is 1.31. The van der Waals surface area contributed by atoms with E-state index in [-0.39, 0.29) is 0 Å². The minimum Gasteiger partial charge on any atom is -0.332 e. The SMILES string of the molecule is CCn1nc(-c2nc(C3=CCC(NC4CCNCC4)C=C3)no2)c2c1CC(C)(C)CC2. The molecule has 1 saturated heterocycles. The molecule has 0 radical (unpaired) electrons. The van der Waals surface area contributed by atoms with E-state index in [4.69, 9.17) is 14.6 Å². The summed E-state index contributed by atoms with van der Waals surface area (Å²) < 4.78 is 7.81. The van der Waals surface area contributed by atoms with Gasteiger partial charge in [0.2, 0.25) is 5.82 Å². The lowest BCUT2D eigenvalue weighted by Crippen LogP contribution is -2.44. The van der Waals surface area contributed by atoms with E-state index in [2.05, 4.69) is 59.5 Å². The molecule has 2 aromatic heterocycles. The lowest BCUT2D eigenvalue weighted by atomic mass is 9.76. The highest BCUT2D eigenvalue weighted by molar-refractivity contribution is 5.71. The Hall–Kier alpha value is -2.25. The first kappa shape index (κ1) is 20.6. The number of aromatic nitrogens is 4. The molecule has 166 valence electrons. The highest BCUT2D eigenvalue weighted by Crippen LogP contribution is 2.39. The standard InChI is InChI=1S/C24H34N6O/c1-4-30-20-15-24(2,3)12-9-19(20)21(28-30)23-27-22(29-31-23)16-5-7-17(8-6-16)26-18-10-13-25-14-11-18/h5-7,17-18,25-26H,4,8-15H2,1-3H3. The summed E-state index contributed by atoms with van der Waals surface area (Å²) in [5.74, 6) is 1.20. The summed E-state index contributed by atoms with van der Waals surface area (Å²) in [6, 6.07) is 0.987. The average Bonchev–Trinajstić information content (AvgIpc) is 3.39. The van der Waals surface area contributed by atoms with Crippen LogP contribution in [-0.2, 0) is 19.4 Å². The molecule has 0 aromatic carbocycles. The van der Waals surface area contributed by atoms with Crippen molar-refractivity contribution in [3.05, 3.63) is 35.3 Å². The fourth-order valence-electron chi connectivity index (χ4n) is 5.07. The van der Waals surface area contributed by atoms with Gasteiger partial charge in [-0.15, -0.1) is 0 Å². The number of hydrogen-bond acceptors (Lipinski definition) is 6. The molecule has 1 aliphatic heterocycles. The molecule has 0 saturated carbocycles. The van der Waals surface area contributed by atoms with E-state index in [1.807, 2.05) is 0 Å². The Morgan fingerprint density at radius 3 is 2.87 bits per heavy atom. The predicted molar refractivity (Wildman–Crippen MR) is 122 cm³/mol. The van der Waals surface area contributed by atoms with Crippen LogP contribution in [0.2, 0.25) is 0 Å². The van der Waals surface area contributed by atoms with E-state index in [1.165, 1.54) is 24.1 Å². The van der Waals surface area contributed by atoms with Crippen LogP contribution in [-0.4, -0.2) is 45.1 Å². The third-order valence-corrected chi connectivity index (χ3v) is 6.94. The zero-order chi connectivity index (χ0) is 21.4. The van der Waals surface area contributed by atoms with E-state index in [1.54, 1.807) is 0 Å². The van der Waals surface area contributed by atoms with Gasteiger partial charge in [0.25, 0.3) is 5.89 Å². The average molecular weight is 423 g/mol. The lowest BCUT2D eigenvalue weighted by Gasteiger charge is -2.30. The highest BCUT2D eigenvalue weighted by atomic mass is 16.5. The van der Waals surface area contributed by atoms with Gasteiger partial charge in [-0.3, -0.25) is 4.68 Å². The van der Waals surface area contributed by atoms with Crippen LogP contribution in [0.5, 0.6) is 0 Å². The third-order valence-electron chi connectivity index (χ3n) is 6.94. The maximum absolute atomic E-state index is 5.69. The summed E-state index contributed by atoms with van der Waals surface area (Å²) >= 11 is 0. The molecule has 3 aliphatic rings. The highest BCUT2D eigenvalue weighted by Gasteiger charge is 2.32. The number of fused-ring (bicyclic) bond motifs is 1. The Kier molecular flexibility index (Phi) is 5.56. The first-order valence-electron chi connectivity index (χ1n) is 11.8. The van der Waals surface area contributed by atoms with Gasteiger partial charge < -0.3 is 15.2 Å². The van der Waals surface area contributed by atoms with Crippen LogP contribution < -0.4 is 10.6 Å². The molecule has 1 unspecified atom stereocenters. The molecule has 1 fully saturated rings. The summed E-state index contributed by atoms with van der Waals surface area (Å²) in [5.41, 5.74) is 4.83. The van der Waals surface area contributed by atoms with Crippen molar-refractivity contribution in [2.24, 2.45) is 5.41 Å². The molecule has 3 heterocycles. The minimum absolute atomic E-state index is 0.313. The van der Waals surface area contributed by atoms with Gasteiger partial charge in [0, 0.05) is 35.5 Å². The van der Waals surface area contributed by atoms with Crippen molar-refractivity contribution in [1.82, 2.24) is 30.6 Å². The van der Waals surface area contributed by atoms with Crippen LogP contribution in [0.4, 0.5) is 0 Å². The number of allylic oxidation sites excluding steroid dienone is 2. The molecular formula is C24H34N6O. The van der Waals surface area contributed by atoms with Crippen molar-refractivity contribution < 1.29 is 4.52 Å². The second kappa shape index (κ2) is 8.36. The van der Waals surface area contributed by atoms with Crippen LogP contribution in [0.25, 0.3) is 17.2 Å². The molecular weight excluding hydrogens is 388 g/mol. The molecule has 2 aromatic rings. The van der Waals surface area contributed by atoms with Crippen molar-refractivity contribution in [1.29, 1.82) is 0 Å². The van der Waals surface area contributed by atoms with Crippen LogP contribution in [0.1, 0.15) is 63.5 Å². The molecule has 7 heteroatoms. The molecule has 7 nitrogen and oxygen atoms in total. The predicted octanol–water partition coefficient (Wildman–Crippen LogP) is 3.52. The maximum Gasteiger partial charge on any atom is 0.279 e. The second-order valence-corrected chi connectivity index (χ2v) is 9.91. The molecule has 0 spiro atoms. The van der Waals surface area contributed by atoms with Gasteiger partial charge in [-0.25, -0.2) is 0 Å². The van der Waals surface area contributed by atoms with Crippen LogP contribution in [0, 0.1) is 5.41 Å². The van der Waals surface area contributed by atoms with Gasteiger partial charge in [-0.05, 0) is 64.0 Å². The number of nitrogens with one attached hydrogen (secondary N) is 2. The Bertz CT molecular complexity index is 992. The molecule has 0 bridgehead atoms. The van der Waals surface area contributed by atoms with E-state index in [0.717, 1.165) is 56.6 Å². The Morgan fingerprint density at radius 1 is 1.29 bits per heavy atom. The first-order chi connectivity index (χ1) is 15.0. The van der Waals surface area contributed by atoms with Gasteiger partial charge in [0.15, 0.2) is 5.69 Å². The topological polar surface area (TPSA) is 80.8 Å². The van der Waals surface area contributed by atoms with Gasteiger partial charge >= 0.3 is 0 Å². The molecule has 31 heavy (non-hydrogen) atoms. The van der Waals surface area contributed by atoms with E-state index >= 15 is 0 Å². The quantitative estimate of drug-likeness (QED) is 0.767. The zero-order valence-corrected chi connectivity index (χ0v) is 18.9. The molecule has 1 atom stereocenters. The van der Waals surface area contributed by atoms with Crippen molar-refractivity contribution in [3.63, 3.8) is 0 Å². The van der Waals surface area contributed by atoms with E-state index < -0.39 is 0 Å². The summed E-state index contributed by atoms with van der Waals surface area (Å²) in [6.07, 6.45) is 13.1. The maximum atomic E-state index is 5.69. The largest absolute Gasteiger partial charge is 0.332 e. The lowest BCUT2D eigenvalue weighted by molar-refractivity contribution is 0.304. The normalized spacial score (nSPS) is 23.6. The van der Waals surface area contributed by atoms with Crippen molar-refractivity contribution in [2.45, 2.75) is 77.9 Å². The van der Waals surface area contributed by atoms with Gasteiger partial charge in [0.05, 0.1) is 0 Å². The van der Waals surface area contributed by atoms with Crippen LogP contribution >= 0.6 is 0 Å². The monoisotopic (exact) mass is 422 g/mol. The molecule has 2 N–H and O–H groups in total. The fourth-order valence-corrected chi connectivity index (χ4v) is 5.07. The number of nitrogens with zero attached hydrogens (tertiary/aromatic N) is 4. The summed E-state index contributed by atoms with van der Waals surface area (Å²) in [7, 11) is 0. The second-order valence-electron chi connectivity index (χ2n) is 9.91. The number of piperidine rings is 1. The third kappa shape index (κ3) is 4.26. The smallest absolute Gasteiger partial charge is 0.279 e. The van der Waals surface area contributed by atoms with E-state index in [0.29, 0.717) is 29.2 Å². The van der Waals surface area contributed by atoms with Gasteiger partial charge in [-0.2, -0.15) is 10.1 Å². The molecule has 0 amide bonds. The molecule has 5 rings (SSSR count). The number of rotatable bonds is 5. The Morgan fingerprint density at radius 2 is 2.13 bits per heavy atom. The van der Waals surface area contributed by atoms with Crippen molar-refractivity contribution >= 4 is 5.57 Å². The summed E-state index contributed by atoms with van der Waals surface area (Å²) in [4.78, 5) is 4.74. The molecule has 2 aliphatic carbocycles. The zero-order valence-electron chi connectivity index (χ0n) is 18.9. The van der Waals surface area contributed by atoms with Crippen LogP contribution in [0.3, 0.4) is 0 Å². The number of aryl methyl sites for hydroxylation is 1. The van der Waals surface area contributed by atoms with Gasteiger partial charge in [-0.1, -0.05) is 37.2 Å². The Labute approximate surface area is 184 Å². The number of hydrogen-bond donors (Lipinski definition) is 2. The first-order valence-corrected chi connectivity index (χ1v) is 11.8.